The second kappa shape index (κ2) is 11.3. The Kier molecular flexibility index (Phi) is 7.95. The van der Waals surface area contributed by atoms with E-state index in [9.17, 15) is 9.59 Å². The first-order valence-electron chi connectivity index (χ1n) is 12.3. The van der Waals surface area contributed by atoms with Gasteiger partial charge in [-0.1, -0.05) is 41.6 Å². The van der Waals surface area contributed by atoms with Gasteiger partial charge in [-0.25, -0.2) is 4.68 Å². The van der Waals surface area contributed by atoms with E-state index < -0.39 is 11.6 Å². The summed E-state index contributed by atoms with van der Waals surface area (Å²) in [4.78, 5) is 29.4. The summed E-state index contributed by atoms with van der Waals surface area (Å²) in [5.41, 5.74) is 2.40. The molecule has 2 amide bonds. The molecule has 0 saturated heterocycles. The van der Waals surface area contributed by atoms with Gasteiger partial charge in [-0.15, -0.1) is 5.10 Å². The van der Waals surface area contributed by atoms with E-state index in [1.807, 2.05) is 81.4 Å². The van der Waals surface area contributed by atoms with E-state index in [2.05, 4.69) is 15.6 Å². The van der Waals surface area contributed by atoms with E-state index in [4.69, 9.17) is 9.47 Å². The molecule has 1 atom stereocenters. The monoisotopic (exact) mass is 515 g/mol. The first kappa shape index (κ1) is 26.7. The van der Waals surface area contributed by atoms with Gasteiger partial charge < -0.3 is 19.7 Å². The summed E-state index contributed by atoms with van der Waals surface area (Å²) in [6.45, 7) is 5.83. The summed E-state index contributed by atoms with van der Waals surface area (Å²) < 4.78 is 12.3. The highest BCUT2D eigenvalue weighted by Crippen LogP contribution is 2.28. The van der Waals surface area contributed by atoms with Gasteiger partial charge in [0.25, 0.3) is 0 Å². The maximum atomic E-state index is 14.0. The Balaban J connectivity index is 1.78. The molecule has 0 aliphatic rings. The Morgan fingerprint density at radius 1 is 0.947 bits per heavy atom. The van der Waals surface area contributed by atoms with Crippen LogP contribution in [0, 0.1) is 0 Å². The molecular formula is C29H33N5O4. The predicted molar refractivity (Wildman–Crippen MR) is 145 cm³/mol. The van der Waals surface area contributed by atoms with Crippen LogP contribution in [-0.2, 0) is 22.7 Å². The van der Waals surface area contributed by atoms with Crippen molar-refractivity contribution in [2.45, 2.75) is 45.4 Å². The number of benzene rings is 3. The molecule has 0 saturated carbocycles. The molecule has 1 unspecified atom stereocenters. The highest BCUT2D eigenvalue weighted by Gasteiger charge is 2.34. The van der Waals surface area contributed by atoms with Crippen molar-refractivity contribution in [3.05, 3.63) is 83.9 Å². The van der Waals surface area contributed by atoms with Gasteiger partial charge in [-0.3, -0.25) is 9.59 Å². The molecule has 4 aromatic rings. The standard InChI is InChI=1S/C29H33N5O4/c1-29(2,3)30-28(36)27(21-9-8-10-23(17-21)38-5)33(18-20-13-15-22(37-4)16-14-20)26(35)19-34-25-12-7-6-11-24(25)31-32-34/h6-17,27H,18-19H2,1-5H3,(H,30,36). The van der Waals surface area contributed by atoms with Crippen molar-refractivity contribution in [1.29, 1.82) is 0 Å². The molecule has 9 nitrogen and oxygen atoms in total. The molecule has 3 aromatic carbocycles. The average molecular weight is 516 g/mol. The molecule has 0 bridgehead atoms. The molecule has 0 aliphatic heterocycles. The summed E-state index contributed by atoms with van der Waals surface area (Å²) >= 11 is 0. The molecule has 1 aromatic heterocycles. The third kappa shape index (κ3) is 6.29. The van der Waals surface area contributed by atoms with Crippen LogP contribution in [0.4, 0.5) is 0 Å². The smallest absolute Gasteiger partial charge is 0.247 e. The fraction of sp³-hybridized carbons (Fsp3) is 0.310. The predicted octanol–water partition coefficient (Wildman–Crippen LogP) is 4.13. The van der Waals surface area contributed by atoms with Crippen LogP contribution in [0.2, 0.25) is 0 Å². The number of hydrogen-bond donors (Lipinski definition) is 1. The molecule has 38 heavy (non-hydrogen) atoms. The molecule has 4 rings (SSSR count). The molecule has 0 fully saturated rings. The second-order valence-electron chi connectivity index (χ2n) is 10.0. The van der Waals surface area contributed by atoms with Crippen LogP contribution >= 0.6 is 0 Å². The maximum absolute atomic E-state index is 14.0. The SMILES string of the molecule is COc1ccc(CN(C(=O)Cn2nnc3ccccc32)C(C(=O)NC(C)(C)C)c2cccc(OC)c2)cc1. The van der Waals surface area contributed by atoms with Crippen LogP contribution in [0.1, 0.15) is 37.9 Å². The van der Waals surface area contributed by atoms with Crippen molar-refractivity contribution >= 4 is 22.8 Å². The van der Waals surface area contributed by atoms with Crippen molar-refractivity contribution < 1.29 is 19.1 Å². The Hall–Kier alpha value is -4.40. The third-order valence-corrected chi connectivity index (χ3v) is 6.01. The zero-order valence-corrected chi connectivity index (χ0v) is 22.3. The number of para-hydroxylation sites is 1. The summed E-state index contributed by atoms with van der Waals surface area (Å²) in [6, 6.07) is 21.2. The lowest BCUT2D eigenvalue weighted by Crippen LogP contribution is -2.49. The minimum Gasteiger partial charge on any atom is -0.497 e. The lowest BCUT2D eigenvalue weighted by atomic mass is 10.0. The highest BCUT2D eigenvalue weighted by atomic mass is 16.5. The number of aromatic nitrogens is 3. The first-order valence-corrected chi connectivity index (χ1v) is 12.3. The van der Waals surface area contributed by atoms with E-state index in [1.165, 1.54) is 0 Å². The van der Waals surface area contributed by atoms with Gasteiger partial charge in [-0.2, -0.15) is 0 Å². The summed E-state index contributed by atoms with van der Waals surface area (Å²) in [7, 11) is 3.17. The molecule has 1 N–H and O–H groups in total. The Bertz CT molecular complexity index is 1410. The molecule has 9 heteroatoms. The average Bonchev–Trinajstić information content (AvgIpc) is 3.30. The number of carbonyl (C=O) groups is 2. The molecule has 0 spiro atoms. The zero-order chi connectivity index (χ0) is 27.3. The zero-order valence-electron chi connectivity index (χ0n) is 22.3. The van der Waals surface area contributed by atoms with Crippen LogP contribution in [0.15, 0.2) is 72.8 Å². The van der Waals surface area contributed by atoms with E-state index in [0.717, 1.165) is 11.1 Å². The first-order chi connectivity index (χ1) is 18.2. The lowest BCUT2D eigenvalue weighted by molar-refractivity contribution is -0.142. The van der Waals surface area contributed by atoms with Crippen molar-refractivity contribution in [2.75, 3.05) is 14.2 Å². The van der Waals surface area contributed by atoms with Crippen LogP contribution < -0.4 is 14.8 Å². The molecule has 0 radical (unpaired) electrons. The van der Waals surface area contributed by atoms with Crippen molar-refractivity contribution in [3.8, 4) is 11.5 Å². The van der Waals surface area contributed by atoms with Crippen LogP contribution in [0.5, 0.6) is 11.5 Å². The van der Waals surface area contributed by atoms with Gasteiger partial charge in [0, 0.05) is 12.1 Å². The number of hydrogen-bond acceptors (Lipinski definition) is 6. The molecule has 198 valence electrons. The van der Waals surface area contributed by atoms with Gasteiger partial charge in [0.05, 0.1) is 19.7 Å². The fourth-order valence-electron chi connectivity index (χ4n) is 4.23. The molecule has 1 heterocycles. The van der Waals surface area contributed by atoms with E-state index >= 15 is 0 Å². The lowest BCUT2D eigenvalue weighted by Gasteiger charge is -2.34. The second-order valence-corrected chi connectivity index (χ2v) is 10.0. The van der Waals surface area contributed by atoms with Gasteiger partial charge in [0.2, 0.25) is 11.8 Å². The minimum absolute atomic E-state index is 0.0834. The molecule has 0 aliphatic carbocycles. The number of methoxy groups -OCH3 is 2. The summed E-state index contributed by atoms with van der Waals surface area (Å²) in [6.07, 6.45) is 0. The third-order valence-electron chi connectivity index (χ3n) is 6.01. The van der Waals surface area contributed by atoms with Crippen molar-refractivity contribution in [1.82, 2.24) is 25.2 Å². The number of nitrogens with one attached hydrogen (secondary N) is 1. The quantitative estimate of drug-likeness (QED) is 0.360. The number of fused-ring (bicyclic) bond motifs is 1. The van der Waals surface area contributed by atoms with Crippen LogP contribution in [0.25, 0.3) is 11.0 Å². The summed E-state index contributed by atoms with van der Waals surface area (Å²) in [5, 5.41) is 11.4. The maximum Gasteiger partial charge on any atom is 0.247 e. The number of rotatable bonds is 9. The summed E-state index contributed by atoms with van der Waals surface area (Å²) in [5.74, 6) is 0.718. The van der Waals surface area contributed by atoms with E-state index in [0.29, 0.717) is 22.6 Å². The Morgan fingerprint density at radius 3 is 2.34 bits per heavy atom. The fourth-order valence-corrected chi connectivity index (χ4v) is 4.23. The Morgan fingerprint density at radius 2 is 1.66 bits per heavy atom. The number of carbonyl (C=O) groups excluding carboxylic acids is 2. The number of amides is 2. The van der Waals surface area contributed by atoms with Gasteiger partial charge in [-0.05, 0) is 68.3 Å². The van der Waals surface area contributed by atoms with Gasteiger partial charge in [0.15, 0.2) is 0 Å². The van der Waals surface area contributed by atoms with Crippen molar-refractivity contribution in [2.24, 2.45) is 0 Å². The minimum atomic E-state index is -0.922. The Labute approximate surface area is 222 Å². The van der Waals surface area contributed by atoms with Crippen LogP contribution in [-0.4, -0.2) is 51.5 Å². The van der Waals surface area contributed by atoms with Crippen LogP contribution in [0.3, 0.4) is 0 Å². The molecular weight excluding hydrogens is 482 g/mol. The number of nitrogens with zero attached hydrogens (tertiary/aromatic N) is 4. The largest absolute Gasteiger partial charge is 0.497 e. The topological polar surface area (TPSA) is 98.6 Å². The number of ether oxygens (including phenoxy) is 2. The van der Waals surface area contributed by atoms with Crippen molar-refractivity contribution in [3.63, 3.8) is 0 Å². The van der Waals surface area contributed by atoms with Gasteiger partial charge >= 0.3 is 0 Å². The van der Waals surface area contributed by atoms with E-state index in [-0.39, 0.29) is 24.9 Å². The van der Waals surface area contributed by atoms with Gasteiger partial charge in [0.1, 0.15) is 29.6 Å². The normalized spacial score (nSPS) is 12.1. The van der Waals surface area contributed by atoms with E-state index in [1.54, 1.807) is 35.9 Å². The highest BCUT2D eigenvalue weighted by molar-refractivity contribution is 5.89.